The monoisotopic (exact) mass is 645 g/mol. The highest BCUT2D eigenvalue weighted by Gasteiger charge is 2.33. The SMILES string of the molecule is Cc1csc([C@H]2CCCN2C(=O)c2cc(C(=O)N[C@@H](Cc3ccccc3)[C@H](O)CNCc3cccc(Cl)c3)cc(N(C)C)c2)n1. The molecule has 3 aromatic carbocycles. The summed E-state index contributed by atoms with van der Waals surface area (Å²) in [5.74, 6) is -0.467. The van der Waals surface area contributed by atoms with Crippen molar-refractivity contribution in [1.29, 1.82) is 0 Å². The number of benzene rings is 3. The van der Waals surface area contributed by atoms with Crippen LogP contribution < -0.4 is 15.5 Å². The van der Waals surface area contributed by atoms with Gasteiger partial charge in [-0.15, -0.1) is 11.3 Å². The van der Waals surface area contributed by atoms with Crippen molar-refractivity contribution in [2.75, 3.05) is 32.1 Å². The molecular formula is C35H40ClN5O3S. The number of anilines is 1. The van der Waals surface area contributed by atoms with Crippen molar-refractivity contribution in [2.45, 2.75) is 50.9 Å². The fourth-order valence-corrected chi connectivity index (χ4v) is 6.79. The van der Waals surface area contributed by atoms with E-state index in [9.17, 15) is 14.7 Å². The lowest BCUT2D eigenvalue weighted by atomic mass is 9.99. The van der Waals surface area contributed by atoms with Crippen LogP contribution in [0.25, 0.3) is 0 Å². The molecule has 236 valence electrons. The number of hydrogen-bond acceptors (Lipinski definition) is 7. The first-order valence-corrected chi connectivity index (χ1v) is 16.5. The molecule has 1 fully saturated rings. The number of likely N-dealkylation sites (tertiary alicyclic amines) is 1. The molecule has 5 rings (SSSR count). The lowest BCUT2D eigenvalue weighted by molar-refractivity contribution is 0.0735. The van der Waals surface area contributed by atoms with Crippen LogP contribution in [0.4, 0.5) is 5.69 Å². The molecule has 1 aliphatic rings. The zero-order valence-corrected chi connectivity index (χ0v) is 27.4. The van der Waals surface area contributed by atoms with Crippen LogP contribution in [0.15, 0.2) is 78.2 Å². The minimum Gasteiger partial charge on any atom is -0.390 e. The van der Waals surface area contributed by atoms with Crippen molar-refractivity contribution >= 4 is 40.4 Å². The Bertz CT molecular complexity index is 1610. The van der Waals surface area contributed by atoms with Gasteiger partial charge in [0.05, 0.1) is 18.2 Å². The molecule has 1 aromatic heterocycles. The van der Waals surface area contributed by atoms with Crippen molar-refractivity contribution in [1.82, 2.24) is 20.5 Å². The number of halogens is 1. The molecule has 2 amide bonds. The van der Waals surface area contributed by atoms with E-state index in [1.807, 2.05) is 96.9 Å². The van der Waals surface area contributed by atoms with E-state index in [4.69, 9.17) is 11.6 Å². The summed E-state index contributed by atoms with van der Waals surface area (Å²) in [5, 5.41) is 21.3. The van der Waals surface area contributed by atoms with Crippen LogP contribution in [-0.4, -0.2) is 66.1 Å². The van der Waals surface area contributed by atoms with E-state index >= 15 is 0 Å². The van der Waals surface area contributed by atoms with Crippen molar-refractivity contribution in [3.05, 3.63) is 116 Å². The Hall–Kier alpha value is -3.76. The van der Waals surface area contributed by atoms with E-state index in [-0.39, 0.29) is 24.4 Å². The fraction of sp³-hybridized carbons (Fsp3) is 0.343. The highest BCUT2D eigenvalue weighted by atomic mass is 35.5. The minimum absolute atomic E-state index is 0.0682. The summed E-state index contributed by atoms with van der Waals surface area (Å²) in [6.07, 6.45) is 1.33. The summed E-state index contributed by atoms with van der Waals surface area (Å²) in [6.45, 7) is 3.39. The molecule has 8 nitrogen and oxygen atoms in total. The Morgan fingerprint density at radius 3 is 2.53 bits per heavy atom. The van der Waals surface area contributed by atoms with Gasteiger partial charge in [-0.05, 0) is 67.6 Å². The van der Waals surface area contributed by atoms with Crippen LogP contribution in [-0.2, 0) is 13.0 Å². The van der Waals surface area contributed by atoms with Crippen LogP contribution >= 0.6 is 22.9 Å². The van der Waals surface area contributed by atoms with Gasteiger partial charge in [0.1, 0.15) is 5.01 Å². The Balaban J connectivity index is 1.35. The van der Waals surface area contributed by atoms with Gasteiger partial charge in [0.2, 0.25) is 0 Å². The fourth-order valence-electron chi connectivity index (χ4n) is 5.64. The highest BCUT2D eigenvalue weighted by Crippen LogP contribution is 2.35. The first kappa shape index (κ1) is 32.6. The third-order valence-electron chi connectivity index (χ3n) is 8.03. The number of carbonyl (C=O) groups is 2. The maximum Gasteiger partial charge on any atom is 0.254 e. The van der Waals surface area contributed by atoms with Gasteiger partial charge in [-0.2, -0.15) is 0 Å². The number of rotatable bonds is 12. The number of aliphatic hydroxyl groups is 1. The maximum absolute atomic E-state index is 13.9. The molecule has 45 heavy (non-hydrogen) atoms. The maximum atomic E-state index is 13.9. The van der Waals surface area contributed by atoms with E-state index in [2.05, 4.69) is 15.6 Å². The van der Waals surface area contributed by atoms with Crippen molar-refractivity contribution in [3.63, 3.8) is 0 Å². The van der Waals surface area contributed by atoms with E-state index < -0.39 is 12.1 Å². The number of nitrogens with zero attached hydrogens (tertiary/aromatic N) is 3. The number of amides is 2. The smallest absolute Gasteiger partial charge is 0.254 e. The van der Waals surface area contributed by atoms with Crippen LogP contribution in [0.2, 0.25) is 5.02 Å². The zero-order chi connectivity index (χ0) is 31.9. The number of aryl methyl sites for hydroxylation is 1. The summed E-state index contributed by atoms with van der Waals surface area (Å²) in [6, 6.07) is 21.9. The first-order valence-electron chi connectivity index (χ1n) is 15.2. The molecule has 0 spiro atoms. The van der Waals surface area contributed by atoms with Gasteiger partial charge in [-0.1, -0.05) is 54.1 Å². The van der Waals surface area contributed by atoms with Gasteiger partial charge >= 0.3 is 0 Å². The molecule has 2 heterocycles. The number of hydrogen-bond donors (Lipinski definition) is 3. The van der Waals surface area contributed by atoms with Gasteiger partial charge in [0.15, 0.2) is 0 Å². The Labute approximate surface area is 274 Å². The van der Waals surface area contributed by atoms with E-state index in [1.165, 1.54) is 0 Å². The summed E-state index contributed by atoms with van der Waals surface area (Å²) in [5.41, 5.74) is 4.51. The third-order valence-corrected chi connectivity index (χ3v) is 9.33. The summed E-state index contributed by atoms with van der Waals surface area (Å²) in [7, 11) is 3.77. The number of nitrogens with one attached hydrogen (secondary N) is 2. The Morgan fingerprint density at radius 2 is 1.82 bits per heavy atom. The second-order valence-corrected chi connectivity index (χ2v) is 13.1. The van der Waals surface area contributed by atoms with E-state index in [0.717, 1.165) is 40.4 Å². The highest BCUT2D eigenvalue weighted by molar-refractivity contribution is 7.09. The van der Waals surface area contributed by atoms with Gasteiger partial charge < -0.3 is 25.5 Å². The third kappa shape index (κ3) is 8.49. The Morgan fingerprint density at radius 1 is 1.07 bits per heavy atom. The zero-order valence-electron chi connectivity index (χ0n) is 25.9. The molecule has 1 saturated heterocycles. The van der Waals surface area contributed by atoms with Gasteiger partial charge in [0, 0.05) is 66.6 Å². The molecular weight excluding hydrogens is 606 g/mol. The van der Waals surface area contributed by atoms with E-state index in [0.29, 0.717) is 35.7 Å². The number of aliphatic hydroxyl groups excluding tert-OH is 1. The Kier molecular flexibility index (Phi) is 10.9. The van der Waals surface area contributed by atoms with Crippen LogP contribution in [0.5, 0.6) is 0 Å². The predicted molar refractivity (Wildman–Crippen MR) is 181 cm³/mol. The van der Waals surface area contributed by atoms with Crippen molar-refractivity contribution in [2.24, 2.45) is 0 Å². The normalized spacial score (nSPS) is 15.9. The van der Waals surface area contributed by atoms with Crippen molar-refractivity contribution < 1.29 is 14.7 Å². The van der Waals surface area contributed by atoms with Gasteiger partial charge in [-0.25, -0.2) is 4.98 Å². The van der Waals surface area contributed by atoms with Crippen LogP contribution in [0.1, 0.15) is 61.4 Å². The molecule has 4 aromatic rings. The summed E-state index contributed by atoms with van der Waals surface area (Å²) < 4.78 is 0. The molecule has 0 bridgehead atoms. The van der Waals surface area contributed by atoms with Gasteiger partial charge in [-0.3, -0.25) is 9.59 Å². The summed E-state index contributed by atoms with van der Waals surface area (Å²) in [4.78, 5) is 36.2. The number of carbonyl (C=O) groups excluding carboxylic acids is 2. The second-order valence-electron chi connectivity index (χ2n) is 11.7. The minimum atomic E-state index is -0.876. The average Bonchev–Trinajstić information content (AvgIpc) is 3.69. The second kappa shape index (κ2) is 15.0. The number of thiazole rings is 1. The molecule has 10 heteroatoms. The molecule has 0 unspecified atom stereocenters. The standard InChI is InChI=1S/C35H40ClN5O3S/c1-23-22-45-34(38-23)31-13-8-14-41(31)35(44)27-17-26(18-29(19-27)40(2)3)33(43)39-30(16-24-9-5-4-6-10-24)32(42)21-37-20-25-11-7-12-28(36)15-25/h4-7,9-12,15,17-19,22,30-32,37,42H,8,13-14,16,20-21H2,1-3H3,(H,39,43)/t30-,31+,32+/m0/s1. The average molecular weight is 646 g/mol. The van der Waals surface area contributed by atoms with Crippen LogP contribution in [0, 0.1) is 6.92 Å². The summed E-state index contributed by atoms with van der Waals surface area (Å²) >= 11 is 7.70. The molecule has 3 N–H and O–H groups in total. The largest absolute Gasteiger partial charge is 0.390 e. The molecule has 1 aliphatic heterocycles. The van der Waals surface area contributed by atoms with Crippen molar-refractivity contribution in [3.8, 4) is 0 Å². The molecule has 3 atom stereocenters. The number of aromatic nitrogens is 1. The van der Waals surface area contributed by atoms with Gasteiger partial charge in [0.25, 0.3) is 11.8 Å². The van der Waals surface area contributed by atoms with Crippen LogP contribution in [0.3, 0.4) is 0 Å². The predicted octanol–water partition coefficient (Wildman–Crippen LogP) is 5.64. The molecule has 0 saturated carbocycles. The van der Waals surface area contributed by atoms with E-state index in [1.54, 1.807) is 23.5 Å². The lowest BCUT2D eigenvalue weighted by Gasteiger charge is -2.26. The molecule has 0 aliphatic carbocycles. The topological polar surface area (TPSA) is 97.8 Å². The quantitative estimate of drug-likeness (QED) is 0.185. The first-order chi connectivity index (χ1) is 21.7. The lowest BCUT2D eigenvalue weighted by Crippen LogP contribution is -2.48. The molecule has 0 radical (unpaired) electrons.